The number of aryl methyl sites for hydroxylation is 1. The van der Waals surface area contributed by atoms with Crippen LogP contribution < -0.4 is 5.32 Å². The monoisotopic (exact) mass is 386 g/mol. The first-order valence-electron chi connectivity index (χ1n) is 8.90. The minimum absolute atomic E-state index is 0. The number of amides is 1. The summed E-state index contributed by atoms with van der Waals surface area (Å²) in [4.78, 5) is 16.4. The summed E-state index contributed by atoms with van der Waals surface area (Å²) >= 11 is 1.66. The van der Waals surface area contributed by atoms with Crippen molar-refractivity contribution in [2.45, 2.75) is 64.7 Å². The Labute approximate surface area is 159 Å². The summed E-state index contributed by atoms with van der Waals surface area (Å²) in [5.41, 5.74) is 1.90. The van der Waals surface area contributed by atoms with Crippen LogP contribution in [-0.4, -0.2) is 10.9 Å². The van der Waals surface area contributed by atoms with Gasteiger partial charge in [-0.3, -0.25) is 4.79 Å². The summed E-state index contributed by atoms with van der Waals surface area (Å²) in [7, 11) is 0. The van der Waals surface area contributed by atoms with Crippen molar-refractivity contribution in [1.29, 1.82) is 0 Å². The van der Waals surface area contributed by atoms with Crippen LogP contribution in [0.4, 0.5) is 5.69 Å². The van der Waals surface area contributed by atoms with Crippen LogP contribution in [0, 0.1) is 12.8 Å². The van der Waals surface area contributed by atoms with Gasteiger partial charge in [0.05, 0.1) is 15.2 Å². The third kappa shape index (κ3) is 5.30. The molecule has 132 valence electrons. The number of rotatable bonds is 2. The van der Waals surface area contributed by atoms with Crippen molar-refractivity contribution < 1.29 is 21.9 Å². The van der Waals surface area contributed by atoms with E-state index in [2.05, 4.69) is 10.3 Å². The van der Waals surface area contributed by atoms with E-state index in [0.717, 1.165) is 33.8 Å². The topological polar surface area (TPSA) is 42.0 Å². The molecule has 0 bridgehead atoms. The van der Waals surface area contributed by atoms with Gasteiger partial charge in [0, 0.05) is 28.7 Å². The van der Waals surface area contributed by atoms with Crippen LogP contribution in [0.3, 0.4) is 0 Å². The molecule has 2 aliphatic carbocycles. The predicted molar refractivity (Wildman–Crippen MR) is 98.0 cm³/mol. The summed E-state index contributed by atoms with van der Waals surface area (Å²) in [5, 5.41) is 4.08. The van der Waals surface area contributed by atoms with E-state index in [9.17, 15) is 4.79 Å². The van der Waals surface area contributed by atoms with Crippen molar-refractivity contribution in [3.63, 3.8) is 0 Å². The number of thiazole rings is 1. The Balaban J connectivity index is 0.000000300. The van der Waals surface area contributed by atoms with Gasteiger partial charge in [0.25, 0.3) is 0 Å². The largest absolute Gasteiger partial charge is 0.326 e. The van der Waals surface area contributed by atoms with E-state index >= 15 is 0 Å². The van der Waals surface area contributed by atoms with Crippen LogP contribution in [0.1, 0.15) is 62.8 Å². The van der Waals surface area contributed by atoms with Crippen LogP contribution in [0.15, 0.2) is 18.2 Å². The number of anilines is 1. The second-order valence-corrected chi connectivity index (χ2v) is 7.89. The van der Waals surface area contributed by atoms with Gasteiger partial charge in [0.15, 0.2) is 0 Å². The zero-order valence-corrected chi connectivity index (χ0v) is 16.2. The maximum absolute atomic E-state index is 12.0. The smallest absolute Gasteiger partial charge is 0.227 e. The molecule has 2 aliphatic rings. The van der Waals surface area contributed by atoms with E-state index in [1.165, 1.54) is 44.9 Å². The van der Waals surface area contributed by atoms with Gasteiger partial charge in [-0.15, -0.1) is 11.3 Å². The Bertz CT molecular complexity index is 653. The average molecular weight is 386 g/mol. The Kier molecular flexibility index (Phi) is 7.73. The van der Waals surface area contributed by atoms with Crippen molar-refractivity contribution in [2.75, 3.05) is 5.32 Å². The third-order valence-electron chi connectivity index (χ3n) is 4.74. The number of carbonyl (C=O) groups excluding carboxylic acids is 1. The maximum Gasteiger partial charge on any atom is 0.227 e. The van der Waals surface area contributed by atoms with E-state index < -0.39 is 0 Å². The number of nitrogens with zero attached hydrogens (tertiary/aromatic N) is 1. The molecule has 0 unspecified atom stereocenters. The molecular formula is C19H26FeN2OS. The molecule has 1 N–H and O–H groups in total. The van der Waals surface area contributed by atoms with Crippen molar-refractivity contribution in [2.24, 2.45) is 5.92 Å². The molecule has 4 rings (SSSR count). The van der Waals surface area contributed by atoms with Gasteiger partial charge in [-0.05, 0) is 38.0 Å². The standard InChI is InChI=1S/C14H16N2OS.C5H10.Fe/c1-9-15-12-7-6-11(8-13(12)18-9)16-14(17)10-4-2-3-5-10;1-2-4-5-3-1;/h6-8,10H,2-5H2,1H3,(H,16,17);1-5H2;. The maximum atomic E-state index is 12.0. The molecule has 3 nitrogen and oxygen atoms in total. The van der Waals surface area contributed by atoms with Gasteiger partial charge in [-0.1, -0.05) is 44.9 Å². The molecular weight excluding hydrogens is 360 g/mol. The van der Waals surface area contributed by atoms with E-state index in [-0.39, 0.29) is 28.9 Å². The van der Waals surface area contributed by atoms with Crippen LogP contribution in [0.25, 0.3) is 10.2 Å². The summed E-state index contributed by atoms with van der Waals surface area (Å²) in [6, 6.07) is 5.93. The molecule has 2 fully saturated rings. The van der Waals surface area contributed by atoms with E-state index in [1.807, 2.05) is 25.1 Å². The number of aromatic nitrogens is 1. The molecule has 5 heteroatoms. The van der Waals surface area contributed by atoms with E-state index in [1.54, 1.807) is 11.3 Å². The first kappa shape index (κ1) is 19.4. The van der Waals surface area contributed by atoms with Gasteiger partial charge in [-0.2, -0.15) is 0 Å². The van der Waals surface area contributed by atoms with Gasteiger partial charge in [0.1, 0.15) is 0 Å². The van der Waals surface area contributed by atoms with E-state index in [0.29, 0.717) is 0 Å². The molecule has 2 saturated carbocycles. The second kappa shape index (κ2) is 9.55. The molecule has 0 saturated heterocycles. The molecule has 0 aliphatic heterocycles. The minimum atomic E-state index is 0. The third-order valence-corrected chi connectivity index (χ3v) is 5.67. The molecule has 1 aromatic carbocycles. The fraction of sp³-hybridized carbons (Fsp3) is 0.579. The number of benzene rings is 1. The Hall–Kier alpha value is -0.901. The van der Waals surface area contributed by atoms with Crippen molar-refractivity contribution in [3.8, 4) is 0 Å². The summed E-state index contributed by atoms with van der Waals surface area (Å²) in [6.45, 7) is 2.00. The van der Waals surface area contributed by atoms with Gasteiger partial charge in [0.2, 0.25) is 5.91 Å². The molecule has 1 amide bonds. The quantitative estimate of drug-likeness (QED) is 0.675. The zero-order chi connectivity index (χ0) is 16.1. The van der Waals surface area contributed by atoms with Gasteiger partial charge in [-0.25, -0.2) is 4.98 Å². The Morgan fingerprint density at radius 3 is 2.33 bits per heavy atom. The summed E-state index contributed by atoms with van der Waals surface area (Å²) in [5.74, 6) is 0.386. The zero-order valence-electron chi connectivity index (χ0n) is 14.3. The molecule has 1 aromatic heterocycles. The molecule has 0 spiro atoms. The fourth-order valence-electron chi connectivity index (χ4n) is 3.43. The van der Waals surface area contributed by atoms with Gasteiger partial charge < -0.3 is 5.32 Å². The van der Waals surface area contributed by atoms with Crippen molar-refractivity contribution in [1.82, 2.24) is 4.98 Å². The number of fused-ring (bicyclic) bond motifs is 1. The summed E-state index contributed by atoms with van der Waals surface area (Å²) < 4.78 is 1.14. The fourth-order valence-corrected chi connectivity index (χ4v) is 4.30. The van der Waals surface area contributed by atoms with Gasteiger partial charge >= 0.3 is 0 Å². The Morgan fingerprint density at radius 1 is 1.08 bits per heavy atom. The minimum Gasteiger partial charge on any atom is -0.326 e. The SMILES string of the molecule is C1CCCC1.Cc1nc2ccc(NC(=O)C3CCCC3)cc2s1.[Fe]. The van der Waals surface area contributed by atoms with Crippen LogP contribution in [0.2, 0.25) is 0 Å². The van der Waals surface area contributed by atoms with Crippen LogP contribution >= 0.6 is 11.3 Å². The normalized spacial score (nSPS) is 17.2. The number of nitrogens with one attached hydrogen (secondary N) is 1. The number of hydrogen-bond acceptors (Lipinski definition) is 3. The molecule has 2 aromatic rings. The first-order chi connectivity index (χ1) is 11.2. The molecule has 0 radical (unpaired) electrons. The molecule has 0 atom stereocenters. The Morgan fingerprint density at radius 2 is 1.71 bits per heavy atom. The average Bonchev–Trinajstić information content (AvgIpc) is 3.29. The molecule has 1 heterocycles. The number of hydrogen-bond donors (Lipinski definition) is 1. The van der Waals surface area contributed by atoms with Crippen LogP contribution in [-0.2, 0) is 21.9 Å². The van der Waals surface area contributed by atoms with Crippen molar-refractivity contribution >= 4 is 33.1 Å². The predicted octanol–water partition coefficient (Wildman–Crippen LogP) is 5.68. The van der Waals surface area contributed by atoms with E-state index in [4.69, 9.17) is 0 Å². The molecule has 24 heavy (non-hydrogen) atoms. The van der Waals surface area contributed by atoms with Crippen LogP contribution in [0.5, 0.6) is 0 Å². The second-order valence-electron chi connectivity index (χ2n) is 6.65. The van der Waals surface area contributed by atoms with Crippen molar-refractivity contribution in [3.05, 3.63) is 23.2 Å². The number of carbonyl (C=O) groups is 1. The summed E-state index contributed by atoms with van der Waals surface area (Å²) in [6.07, 6.45) is 11.9. The first-order valence-corrected chi connectivity index (χ1v) is 9.72.